The van der Waals surface area contributed by atoms with Gasteiger partial charge < -0.3 is 20.2 Å². The van der Waals surface area contributed by atoms with Gasteiger partial charge in [0.15, 0.2) is 12.4 Å². The van der Waals surface area contributed by atoms with E-state index in [0.717, 1.165) is 5.39 Å². The summed E-state index contributed by atoms with van der Waals surface area (Å²) in [5, 5.41) is 3.56. The van der Waals surface area contributed by atoms with Gasteiger partial charge in [0.2, 0.25) is 5.76 Å². The molecule has 0 bridgehead atoms. The third-order valence-electron chi connectivity index (χ3n) is 2.64. The molecule has 0 aliphatic heterocycles. The smallest absolute Gasteiger partial charge is 0.258 e. The van der Waals surface area contributed by atoms with Crippen LogP contribution in [-0.2, 0) is 4.79 Å². The lowest BCUT2D eigenvalue weighted by Gasteiger charge is -2.20. The van der Waals surface area contributed by atoms with Gasteiger partial charge in [-0.2, -0.15) is 0 Å². The zero-order valence-electron chi connectivity index (χ0n) is 12.2. The van der Waals surface area contributed by atoms with Crippen LogP contribution in [0.2, 0.25) is 0 Å². The summed E-state index contributed by atoms with van der Waals surface area (Å²) in [5.41, 5.74) is 5.95. The van der Waals surface area contributed by atoms with Gasteiger partial charge in [-0.25, -0.2) is 0 Å². The summed E-state index contributed by atoms with van der Waals surface area (Å²) < 4.78 is 11.2. The molecule has 1 amide bonds. The van der Waals surface area contributed by atoms with E-state index in [1.54, 1.807) is 6.07 Å². The maximum atomic E-state index is 11.8. The van der Waals surface area contributed by atoms with E-state index in [0.29, 0.717) is 11.3 Å². The minimum Gasteiger partial charge on any atom is -0.479 e. The maximum Gasteiger partial charge on any atom is 0.258 e. The molecule has 0 aliphatic rings. The molecule has 6 heteroatoms. The highest BCUT2D eigenvalue weighted by Gasteiger charge is 2.20. The van der Waals surface area contributed by atoms with Gasteiger partial charge in [0, 0.05) is 5.54 Å². The average Bonchev–Trinajstić information content (AvgIpc) is 2.73. The lowest BCUT2D eigenvalue weighted by Crippen LogP contribution is -2.43. The highest BCUT2D eigenvalue weighted by atomic mass is 32.1. The van der Waals surface area contributed by atoms with Crippen molar-refractivity contribution in [3.63, 3.8) is 0 Å². The van der Waals surface area contributed by atoms with Crippen molar-refractivity contribution in [2.24, 2.45) is 5.73 Å². The summed E-state index contributed by atoms with van der Waals surface area (Å²) in [6, 6.07) is 7.31. The van der Waals surface area contributed by atoms with E-state index >= 15 is 0 Å². The van der Waals surface area contributed by atoms with Gasteiger partial charge in [0.05, 0.1) is 5.39 Å². The van der Waals surface area contributed by atoms with E-state index in [-0.39, 0.29) is 28.8 Å². The average molecular weight is 306 g/mol. The number of hydrogen-bond donors (Lipinski definition) is 2. The van der Waals surface area contributed by atoms with E-state index in [1.165, 1.54) is 0 Å². The highest BCUT2D eigenvalue weighted by molar-refractivity contribution is 7.80. The molecule has 5 nitrogen and oxygen atoms in total. The third-order valence-corrected chi connectivity index (χ3v) is 2.82. The van der Waals surface area contributed by atoms with Crippen molar-refractivity contribution in [3.05, 3.63) is 30.0 Å². The lowest BCUT2D eigenvalue weighted by molar-refractivity contribution is -0.124. The third kappa shape index (κ3) is 3.72. The first-order chi connectivity index (χ1) is 9.78. The topological polar surface area (TPSA) is 77.5 Å². The summed E-state index contributed by atoms with van der Waals surface area (Å²) in [6.07, 6.45) is 0. The first-order valence-corrected chi connectivity index (χ1v) is 6.94. The second kappa shape index (κ2) is 5.73. The Morgan fingerprint density at radius 3 is 2.67 bits per heavy atom. The number of furan rings is 1. The number of carbonyl (C=O) groups excluding carboxylic acids is 1. The summed E-state index contributed by atoms with van der Waals surface area (Å²) >= 11 is 4.96. The van der Waals surface area contributed by atoms with Gasteiger partial charge >= 0.3 is 0 Å². The number of amides is 1. The Bertz CT molecular complexity index is 686. The van der Waals surface area contributed by atoms with Gasteiger partial charge in [-0.15, -0.1) is 0 Å². The number of hydrogen-bond acceptors (Lipinski definition) is 4. The molecule has 0 saturated heterocycles. The second-order valence-electron chi connectivity index (χ2n) is 5.71. The number of rotatable bonds is 4. The Balaban J connectivity index is 2.23. The van der Waals surface area contributed by atoms with Gasteiger partial charge in [0.1, 0.15) is 10.6 Å². The quantitative estimate of drug-likeness (QED) is 0.848. The fourth-order valence-electron chi connectivity index (χ4n) is 1.92. The molecular formula is C15H18N2O3S. The minimum atomic E-state index is -0.315. The number of nitrogens with two attached hydrogens (primary N) is 1. The molecule has 1 heterocycles. The summed E-state index contributed by atoms with van der Waals surface area (Å²) in [5.74, 6) is 0.471. The van der Waals surface area contributed by atoms with Crippen LogP contribution >= 0.6 is 12.2 Å². The molecule has 3 N–H and O–H groups in total. The molecule has 0 spiro atoms. The zero-order valence-corrected chi connectivity index (χ0v) is 13.0. The molecule has 0 atom stereocenters. The van der Waals surface area contributed by atoms with Gasteiger partial charge in [-0.3, -0.25) is 4.79 Å². The van der Waals surface area contributed by atoms with Crippen molar-refractivity contribution in [1.29, 1.82) is 0 Å². The maximum absolute atomic E-state index is 11.8. The number of carbonyl (C=O) groups is 1. The molecule has 21 heavy (non-hydrogen) atoms. The van der Waals surface area contributed by atoms with Gasteiger partial charge in [-0.1, -0.05) is 24.4 Å². The molecule has 0 unspecified atom stereocenters. The largest absolute Gasteiger partial charge is 0.479 e. The van der Waals surface area contributed by atoms with Crippen LogP contribution in [0.1, 0.15) is 26.5 Å². The van der Waals surface area contributed by atoms with Crippen molar-refractivity contribution in [2.75, 3.05) is 6.61 Å². The van der Waals surface area contributed by atoms with E-state index in [1.807, 2.05) is 39.0 Å². The van der Waals surface area contributed by atoms with Crippen molar-refractivity contribution >= 4 is 34.1 Å². The number of thiocarbonyl (C=S) groups is 1. The van der Waals surface area contributed by atoms with Crippen molar-refractivity contribution in [2.45, 2.75) is 26.3 Å². The van der Waals surface area contributed by atoms with Crippen LogP contribution < -0.4 is 15.8 Å². The van der Waals surface area contributed by atoms with Crippen molar-refractivity contribution < 1.29 is 13.9 Å². The fourth-order valence-corrected chi connectivity index (χ4v) is 2.05. The molecular weight excluding hydrogens is 288 g/mol. The van der Waals surface area contributed by atoms with Gasteiger partial charge in [-0.05, 0) is 32.9 Å². The standard InChI is InChI=1S/C15H18N2O3S/c1-15(2,3)17-11(18)8-19-12-9-6-4-5-7-10(9)20-13(12)14(16)21/h4-7H,8H2,1-3H3,(H2,16,21)(H,17,18). The predicted molar refractivity (Wildman–Crippen MR) is 85.5 cm³/mol. The normalized spacial score (nSPS) is 11.4. The number of nitrogens with one attached hydrogen (secondary N) is 1. The molecule has 2 aromatic rings. The van der Waals surface area contributed by atoms with Crippen LogP contribution in [0.4, 0.5) is 0 Å². The molecule has 0 radical (unpaired) electrons. The Hall–Kier alpha value is -2.08. The van der Waals surface area contributed by atoms with Crippen LogP contribution in [0.15, 0.2) is 28.7 Å². The molecule has 1 aromatic heterocycles. The fraction of sp³-hybridized carbons (Fsp3) is 0.333. The molecule has 0 saturated carbocycles. The minimum absolute atomic E-state index is 0.0948. The van der Waals surface area contributed by atoms with Gasteiger partial charge in [0.25, 0.3) is 5.91 Å². The Morgan fingerprint density at radius 1 is 1.38 bits per heavy atom. The SMILES string of the molecule is CC(C)(C)NC(=O)COc1c(C(N)=S)oc2ccccc12. The van der Waals surface area contributed by atoms with E-state index in [4.69, 9.17) is 27.1 Å². The molecule has 0 aliphatic carbocycles. The lowest BCUT2D eigenvalue weighted by atomic mass is 10.1. The first kappa shape index (κ1) is 15.3. The number of fused-ring (bicyclic) bond motifs is 1. The van der Waals surface area contributed by atoms with Crippen molar-refractivity contribution in [1.82, 2.24) is 5.32 Å². The van der Waals surface area contributed by atoms with Crippen LogP contribution in [0, 0.1) is 0 Å². The Kier molecular flexibility index (Phi) is 4.18. The number of benzene rings is 1. The zero-order chi connectivity index (χ0) is 15.6. The molecule has 2 rings (SSSR count). The van der Waals surface area contributed by atoms with Crippen LogP contribution in [0.3, 0.4) is 0 Å². The Labute approximate surface area is 128 Å². The van der Waals surface area contributed by atoms with Crippen LogP contribution in [0.5, 0.6) is 5.75 Å². The summed E-state index contributed by atoms with van der Waals surface area (Å²) in [4.78, 5) is 11.9. The van der Waals surface area contributed by atoms with Crippen LogP contribution in [-0.4, -0.2) is 23.0 Å². The Morgan fingerprint density at radius 2 is 2.05 bits per heavy atom. The van der Waals surface area contributed by atoms with E-state index < -0.39 is 0 Å². The number of para-hydroxylation sites is 1. The van der Waals surface area contributed by atoms with E-state index in [2.05, 4.69) is 5.32 Å². The number of ether oxygens (including phenoxy) is 1. The predicted octanol–water partition coefficient (Wildman–Crippen LogP) is 2.36. The molecule has 112 valence electrons. The van der Waals surface area contributed by atoms with E-state index in [9.17, 15) is 4.79 Å². The first-order valence-electron chi connectivity index (χ1n) is 6.53. The second-order valence-corrected chi connectivity index (χ2v) is 6.15. The molecule has 1 aromatic carbocycles. The highest BCUT2D eigenvalue weighted by Crippen LogP contribution is 2.32. The monoisotopic (exact) mass is 306 g/mol. The summed E-state index contributed by atoms with van der Waals surface area (Å²) in [7, 11) is 0. The molecule has 0 fully saturated rings. The summed E-state index contributed by atoms with van der Waals surface area (Å²) in [6.45, 7) is 5.58. The van der Waals surface area contributed by atoms with Crippen LogP contribution in [0.25, 0.3) is 11.0 Å². The van der Waals surface area contributed by atoms with Crippen molar-refractivity contribution in [3.8, 4) is 5.75 Å².